The van der Waals surface area contributed by atoms with Gasteiger partial charge in [-0.05, 0) is 36.9 Å². The van der Waals surface area contributed by atoms with Crippen LogP contribution >= 0.6 is 11.6 Å². The fourth-order valence-corrected chi connectivity index (χ4v) is 5.49. The molecule has 0 unspecified atom stereocenters. The summed E-state index contributed by atoms with van der Waals surface area (Å²) in [5.74, 6) is -0.141. The number of fused-ring (bicyclic) bond motifs is 2. The number of carbonyl (C=O) groups is 1. The van der Waals surface area contributed by atoms with Crippen LogP contribution in [0.25, 0.3) is 32.8 Å². The molecule has 1 N–H and O–H groups in total. The van der Waals surface area contributed by atoms with Gasteiger partial charge in [0.15, 0.2) is 11.6 Å². The second-order valence-corrected chi connectivity index (χ2v) is 9.39. The zero-order valence-electron chi connectivity index (χ0n) is 20.6. The lowest BCUT2D eigenvalue weighted by Gasteiger charge is -2.40. The Balaban J connectivity index is 1.75. The fourth-order valence-electron chi connectivity index (χ4n) is 5.14. The number of amides is 1. The molecule has 1 fully saturated rings. The van der Waals surface area contributed by atoms with Gasteiger partial charge < -0.3 is 19.5 Å². The van der Waals surface area contributed by atoms with Crippen molar-refractivity contribution in [3.8, 4) is 16.9 Å². The van der Waals surface area contributed by atoms with Gasteiger partial charge in [-0.25, -0.2) is 14.4 Å². The number of nitrogens with zero attached hydrogens (tertiary/aromatic N) is 4. The van der Waals surface area contributed by atoms with E-state index in [1.807, 2.05) is 24.0 Å². The summed E-state index contributed by atoms with van der Waals surface area (Å²) < 4.78 is 22.1. The topological polar surface area (TPSA) is 91.4 Å². The molecular formula is C27H25ClFN5O3. The van der Waals surface area contributed by atoms with Crippen molar-refractivity contribution in [2.24, 2.45) is 0 Å². The van der Waals surface area contributed by atoms with E-state index in [-0.39, 0.29) is 39.4 Å². The second-order valence-electron chi connectivity index (χ2n) is 9.02. The summed E-state index contributed by atoms with van der Waals surface area (Å²) >= 11 is 6.86. The molecule has 0 saturated carbocycles. The van der Waals surface area contributed by atoms with Crippen molar-refractivity contribution in [2.45, 2.75) is 19.9 Å². The monoisotopic (exact) mass is 521 g/mol. The summed E-state index contributed by atoms with van der Waals surface area (Å²) in [6.07, 6.45) is 4.14. The quantitative estimate of drug-likeness (QED) is 0.398. The molecular weight excluding hydrogens is 497 g/mol. The van der Waals surface area contributed by atoms with Gasteiger partial charge in [0.25, 0.3) is 5.56 Å². The molecule has 8 nitrogen and oxygen atoms in total. The van der Waals surface area contributed by atoms with Crippen LogP contribution in [-0.2, 0) is 4.79 Å². The molecule has 190 valence electrons. The molecule has 1 aliphatic rings. The Morgan fingerprint density at radius 1 is 1.24 bits per heavy atom. The summed E-state index contributed by atoms with van der Waals surface area (Å²) in [6.45, 7) is 8.69. The first-order chi connectivity index (χ1) is 17.8. The largest absolute Gasteiger partial charge is 0.494 e. The number of aromatic amines is 1. The number of hydrogen-bond acceptors (Lipinski definition) is 6. The van der Waals surface area contributed by atoms with Crippen molar-refractivity contribution in [1.29, 1.82) is 0 Å². The van der Waals surface area contributed by atoms with E-state index in [4.69, 9.17) is 16.3 Å². The van der Waals surface area contributed by atoms with E-state index in [1.165, 1.54) is 19.5 Å². The van der Waals surface area contributed by atoms with E-state index >= 15 is 4.39 Å². The van der Waals surface area contributed by atoms with Gasteiger partial charge in [0.2, 0.25) is 5.91 Å². The number of methoxy groups -OCH3 is 1. The molecule has 1 aliphatic heterocycles. The molecule has 1 atom stereocenters. The number of ether oxygens (including phenoxy) is 1. The number of carbonyl (C=O) groups excluding carboxylic acids is 1. The van der Waals surface area contributed by atoms with Gasteiger partial charge in [0.05, 0.1) is 22.9 Å². The summed E-state index contributed by atoms with van der Waals surface area (Å²) in [4.78, 5) is 40.1. The molecule has 0 bridgehead atoms. The van der Waals surface area contributed by atoms with Gasteiger partial charge in [0, 0.05) is 43.0 Å². The fraction of sp³-hybridized carbons (Fsp3) is 0.259. The van der Waals surface area contributed by atoms with Crippen LogP contribution in [0.15, 0.2) is 48.2 Å². The molecule has 2 aromatic carbocycles. The highest BCUT2D eigenvalue weighted by Gasteiger charge is 2.31. The van der Waals surface area contributed by atoms with Crippen LogP contribution in [0.4, 0.5) is 10.2 Å². The van der Waals surface area contributed by atoms with Crippen LogP contribution in [0.5, 0.6) is 5.75 Å². The number of aromatic nitrogens is 3. The van der Waals surface area contributed by atoms with Crippen molar-refractivity contribution in [2.75, 3.05) is 31.6 Å². The molecule has 0 spiro atoms. The molecule has 4 aromatic rings. The highest BCUT2D eigenvalue weighted by atomic mass is 35.5. The molecule has 1 saturated heterocycles. The highest BCUT2D eigenvalue weighted by molar-refractivity contribution is 6.37. The number of aryl methyl sites for hydroxylation is 1. The third kappa shape index (κ3) is 3.90. The molecule has 3 heterocycles. The van der Waals surface area contributed by atoms with Gasteiger partial charge in [0.1, 0.15) is 17.7 Å². The number of pyridine rings is 1. The number of halogens is 2. The zero-order chi connectivity index (χ0) is 26.4. The van der Waals surface area contributed by atoms with Gasteiger partial charge in [-0.2, -0.15) is 0 Å². The molecule has 0 aliphatic carbocycles. The third-order valence-corrected chi connectivity index (χ3v) is 7.25. The minimum Gasteiger partial charge on any atom is -0.494 e. The van der Waals surface area contributed by atoms with Crippen molar-refractivity contribution in [1.82, 2.24) is 19.9 Å². The number of benzene rings is 2. The lowest BCUT2D eigenvalue weighted by Crippen LogP contribution is -2.54. The van der Waals surface area contributed by atoms with Crippen LogP contribution in [0.3, 0.4) is 0 Å². The maximum Gasteiger partial charge on any atom is 0.256 e. The lowest BCUT2D eigenvalue weighted by atomic mass is 9.93. The van der Waals surface area contributed by atoms with Crippen LogP contribution in [0.2, 0.25) is 5.02 Å². The standard InChI is InChI=1S/C27H25ClFN5O3/c1-5-17(35)34-11-10-33(12-15(34)3)26-21-24(31-13-32-26)23(29)20(22(28)25(21)37-4)18-14(2)6-7-16-8-9-30-27(36)19(16)18/h5-9,13,15H,1,10-12H2,2-4H3,(H,30,36)/t15-/m1/s1. The highest BCUT2D eigenvalue weighted by Crippen LogP contribution is 2.47. The smallest absolute Gasteiger partial charge is 0.256 e. The molecule has 5 rings (SSSR count). The van der Waals surface area contributed by atoms with Gasteiger partial charge in [-0.15, -0.1) is 0 Å². The Kier molecular flexibility index (Phi) is 6.33. The van der Waals surface area contributed by atoms with E-state index < -0.39 is 5.82 Å². The van der Waals surface area contributed by atoms with E-state index in [0.717, 1.165) is 0 Å². The average molecular weight is 522 g/mol. The predicted molar refractivity (Wildman–Crippen MR) is 143 cm³/mol. The Labute approximate surface area is 217 Å². The lowest BCUT2D eigenvalue weighted by molar-refractivity contribution is -0.128. The van der Waals surface area contributed by atoms with Crippen LogP contribution in [0, 0.1) is 12.7 Å². The number of piperazine rings is 1. The minimum absolute atomic E-state index is 0.0240. The van der Waals surface area contributed by atoms with Crippen molar-refractivity contribution < 1.29 is 13.9 Å². The average Bonchev–Trinajstić information content (AvgIpc) is 2.89. The van der Waals surface area contributed by atoms with Crippen molar-refractivity contribution in [3.63, 3.8) is 0 Å². The number of H-pyrrole nitrogens is 1. The van der Waals surface area contributed by atoms with Crippen molar-refractivity contribution >= 4 is 45.0 Å². The summed E-state index contributed by atoms with van der Waals surface area (Å²) in [5, 5.41) is 1.34. The Morgan fingerprint density at radius 2 is 2.03 bits per heavy atom. The predicted octanol–water partition coefficient (Wildman–Crippen LogP) is 4.47. The maximum atomic E-state index is 16.4. The number of rotatable bonds is 4. The van der Waals surface area contributed by atoms with Gasteiger partial charge >= 0.3 is 0 Å². The number of nitrogens with one attached hydrogen (secondary N) is 1. The summed E-state index contributed by atoms with van der Waals surface area (Å²) in [6, 6.07) is 5.26. The second kappa shape index (κ2) is 9.48. The normalized spacial score (nSPS) is 15.9. The number of hydrogen-bond donors (Lipinski definition) is 1. The summed E-state index contributed by atoms with van der Waals surface area (Å²) in [5.41, 5.74) is 0.785. The van der Waals surface area contributed by atoms with Crippen LogP contribution in [-0.4, -0.2) is 58.5 Å². The Bertz CT molecular complexity index is 1640. The molecule has 0 radical (unpaired) electrons. The summed E-state index contributed by atoms with van der Waals surface area (Å²) in [7, 11) is 1.45. The van der Waals surface area contributed by atoms with E-state index in [9.17, 15) is 9.59 Å². The Morgan fingerprint density at radius 3 is 2.73 bits per heavy atom. The minimum atomic E-state index is -0.670. The SMILES string of the molecule is C=CC(=O)N1CCN(c2ncnc3c(F)c(-c4c(C)ccc5cc[nH]c(=O)c45)c(Cl)c(OC)c23)C[C@H]1C. The molecule has 37 heavy (non-hydrogen) atoms. The van der Waals surface area contributed by atoms with E-state index in [2.05, 4.69) is 21.5 Å². The van der Waals surface area contributed by atoms with Crippen molar-refractivity contribution in [3.05, 3.63) is 70.1 Å². The first-order valence-corrected chi connectivity index (χ1v) is 12.1. The van der Waals surface area contributed by atoms with E-state index in [1.54, 1.807) is 24.1 Å². The van der Waals surface area contributed by atoms with Gasteiger partial charge in [-0.3, -0.25) is 9.59 Å². The van der Waals surface area contributed by atoms with E-state index in [0.29, 0.717) is 52.7 Å². The maximum absolute atomic E-state index is 16.4. The molecule has 10 heteroatoms. The van der Waals surface area contributed by atoms with Crippen LogP contribution in [0.1, 0.15) is 12.5 Å². The van der Waals surface area contributed by atoms with Crippen LogP contribution < -0.4 is 15.2 Å². The zero-order valence-corrected chi connectivity index (χ0v) is 21.4. The molecule has 1 amide bonds. The first-order valence-electron chi connectivity index (χ1n) is 11.8. The first kappa shape index (κ1) is 24.7. The number of anilines is 1. The Hall–Kier alpha value is -3.98. The molecule has 2 aromatic heterocycles. The van der Waals surface area contributed by atoms with Gasteiger partial charge in [-0.1, -0.05) is 30.3 Å². The third-order valence-electron chi connectivity index (χ3n) is 6.89.